The molecule has 1 aliphatic heterocycles. The topological polar surface area (TPSA) is 71.3 Å². The highest BCUT2D eigenvalue weighted by Gasteiger charge is 2.22. The number of hydrogen-bond acceptors (Lipinski definition) is 6. The fourth-order valence-corrected chi connectivity index (χ4v) is 2.74. The fourth-order valence-electron chi connectivity index (χ4n) is 2.74. The second-order valence-corrected chi connectivity index (χ2v) is 5.67. The van der Waals surface area contributed by atoms with E-state index < -0.39 is 5.97 Å². The zero-order chi connectivity index (χ0) is 19.1. The Morgan fingerprint density at radius 2 is 1.63 bits per heavy atom. The van der Waals surface area contributed by atoms with Crippen molar-refractivity contribution in [3.63, 3.8) is 0 Å². The normalized spacial score (nSPS) is 13.6. The van der Waals surface area contributed by atoms with E-state index in [9.17, 15) is 4.79 Å². The molecule has 3 heterocycles. The van der Waals surface area contributed by atoms with Crippen LogP contribution >= 0.6 is 0 Å². The first-order valence-electron chi connectivity index (χ1n) is 8.61. The Bertz CT molecular complexity index is 877. The van der Waals surface area contributed by atoms with Crippen LogP contribution in [0.1, 0.15) is 10.4 Å². The lowest BCUT2D eigenvalue weighted by Crippen LogP contribution is -2.16. The summed E-state index contributed by atoms with van der Waals surface area (Å²) in [7, 11) is 2.93. The van der Waals surface area contributed by atoms with E-state index in [1.54, 1.807) is 17.7 Å². The summed E-state index contributed by atoms with van der Waals surface area (Å²) in [5, 5.41) is 4.51. The van der Waals surface area contributed by atoms with Crippen molar-refractivity contribution in [1.82, 2.24) is 9.61 Å². The van der Waals surface area contributed by atoms with Crippen LogP contribution in [0.25, 0.3) is 16.8 Å². The van der Waals surface area contributed by atoms with Gasteiger partial charge in [-0.15, -0.1) is 0 Å². The maximum Gasteiger partial charge on any atom is 0.342 e. The van der Waals surface area contributed by atoms with E-state index >= 15 is 0 Å². The van der Waals surface area contributed by atoms with Crippen LogP contribution in [0.2, 0.25) is 0 Å². The van der Waals surface area contributed by atoms with Gasteiger partial charge in [-0.25, -0.2) is 4.79 Å². The first-order valence-corrected chi connectivity index (χ1v) is 8.61. The predicted molar refractivity (Wildman–Crippen MR) is 100 cm³/mol. The molecule has 1 fully saturated rings. The Balaban J connectivity index is 0.000000299. The predicted octanol–water partition coefficient (Wildman–Crippen LogP) is 2.83. The van der Waals surface area contributed by atoms with Gasteiger partial charge in [0, 0.05) is 11.6 Å². The molecule has 7 heteroatoms. The quantitative estimate of drug-likeness (QED) is 0.660. The average Bonchev–Trinajstić information content (AvgIpc) is 3.15. The second kappa shape index (κ2) is 9.16. The number of carbonyl (C=O) groups excluding carboxylic acids is 1. The number of rotatable bonds is 3. The summed E-state index contributed by atoms with van der Waals surface area (Å²) in [4.78, 5) is 12.2. The zero-order valence-corrected chi connectivity index (χ0v) is 15.4. The number of benzene rings is 1. The summed E-state index contributed by atoms with van der Waals surface area (Å²) in [5.41, 5.74) is 2.51. The summed E-state index contributed by atoms with van der Waals surface area (Å²) in [6.07, 6.45) is 0. The molecular formula is C20H22N2O5. The lowest BCUT2D eigenvalue weighted by atomic mass is 10.1. The summed E-state index contributed by atoms with van der Waals surface area (Å²) < 4.78 is 21.7. The molecule has 27 heavy (non-hydrogen) atoms. The van der Waals surface area contributed by atoms with Gasteiger partial charge in [0.15, 0.2) is 0 Å². The van der Waals surface area contributed by atoms with Crippen molar-refractivity contribution in [3.05, 3.63) is 54.1 Å². The van der Waals surface area contributed by atoms with Crippen molar-refractivity contribution >= 4 is 11.5 Å². The molecule has 142 valence electrons. The molecule has 0 amide bonds. The van der Waals surface area contributed by atoms with Crippen LogP contribution in [0, 0.1) is 0 Å². The Morgan fingerprint density at radius 3 is 2.19 bits per heavy atom. The number of carbonyl (C=O) groups is 1. The number of aromatic nitrogens is 2. The molecule has 0 unspecified atom stereocenters. The molecule has 0 spiro atoms. The molecule has 4 rings (SSSR count). The van der Waals surface area contributed by atoms with Crippen molar-refractivity contribution in [2.45, 2.75) is 0 Å². The molecule has 0 saturated carbocycles. The molecule has 1 aromatic carbocycles. The summed E-state index contributed by atoms with van der Waals surface area (Å²) in [6.45, 7) is 3.11. The van der Waals surface area contributed by atoms with Gasteiger partial charge in [0.05, 0.1) is 46.2 Å². The third-order valence-electron chi connectivity index (χ3n) is 4.01. The van der Waals surface area contributed by atoms with Crippen LogP contribution in [0.3, 0.4) is 0 Å². The third kappa shape index (κ3) is 4.27. The van der Waals surface area contributed by atoms with Crippen molar-refractivity contribution < 1.29 is 23.7 Å². The molecular weight excluding hydrogens is 348 g/mol. The number of fused-ring (bicyclic) bond motifs is 1. The number of hydrogen-bond donors (Lipinski definition) is 0. The average molecular weight is 370 g/mol. The van der Waals surface area contributed by atoms with Crippen LogP contribution in [0.4, 0.5) is 0 Å². The van der Waals surface area contributed by atoms with E-state index in [2.05, 4.69) is 5.10 Å². The van der Waals surface area contributed by atoms with Gasteiger partial charge < -0.3 is 18.9 Å². The van der Waals surface area contributed by atoms with E-state index in [1.165, 1.54) is 7.11 Å². The molecule has 1 aliphatic rings. The van der Waals surface area contributed by atoms with Crippen molar-refractivity contribution in [2.24, 2.45) is 0 Å². The minimum Gasteiger partial charge on any atom is -0.481 e. The van der Waals surface area contributed by atoms with Crippen LogP contribution < -0.4 is 4.74 Å². The highest BCUT2D eigenvalue weighted by Crippen LogP contribution is 2.29. The van der Waals surface area contributed by atoms with E-state index in [4.69, 9.17) is 18.9 Å². The number of ether oxygens (including phenoxy) is 4. The highest BCUT2D eigenvalue weighted by atomic mass is 16.6. The van der Waals surface area contributed by atoms with Gasteiger partial charge in [0.1, 0.15) is 11.3 Å². The van der Waals surface area contributed by atoms with E-state index in [1.807, 2.05) is 42.5 Å². The Hall–Kier alpha value is -2.90. The van der Waals surface area contributed by atoms with E-state index in [-0.39, 0.29) is 0 Å². The molecule has 7 nitrogen and oxygen atoms in total. The van der Waals surface area contributed by atoms with Crippen molar-refractivity contribution in [1.29, 1.82) is 0 Å². The standard InChI is InChI=1S/C16H14N2O3.C4H8O2/c1-20-13-10-6-9-12-14(16(19)21-2)15(17-18(12)13)11-7-4-3-5-8-11;1-2-6-4-3-5-1/h3-10H,1-2H3;1-4H2. The van der Waals surface area contributed by atoms with Gasteiger partial charge in [-0.1, -0.05) is 36.4 Å². The molecule has 2 aromatic heterocycles. The first kappa shape index (κ1) is 18.9. The maximum absolute atomic E-state index is 12.2. The van der Waals surface area contributed by atoms with Gasteiger partial charge in [-0.05, 0) is 6.07 Å². The number of methoxy groups -OCH3 is 2. The zero-order valence-electron chi connectivity index (χ0n) is 15.4. The van der Waals surface area contributed by atoms with E-state index in [0.717, 1.165) is 32.0 Å². The Morgan fingerprint density at radius 1 is 0.963 bits per heavy atom. The molecule has 0 N–H and O–H groups in total. The fraction of sp³-hybridized carbons (Fsp3) is 0.300. The lowest BCUT2D eigenvalue weighted by Gasteiger charge is -2.09. The second-order valence-electron chi connectivity index (χ2n) is 5.67. The minimum absolute atomic E-state index is 0.419. The molecule has 1 saturated heterocycles. The highest BCUT2D eigenvalue weighted by molar-refractivity contribution is 6.03. The number of pyridine rings is 1. The molecule has 0 atom stereocenters. The van der Waals surface area contributed by atoms with Crippen molar-refractivity contribution in [2.75, 3.05) is 40.6 Å². The van der Waals surface area contributed by atoms with Crippen LogP contribution in [0.15, 0.2) is 48.5 Å². The molecule has 0 aliphatic carbocycles. The summed E-state index contributed by atoms with van der Waals surface area (Å²) >= 11 is 0. The molecule has 3 aromatic rings. The molecule has 0 bridgehead atoms. The Labute approximate surface area is 157 Å². The monoisotopic (exact) mass is 370 g/mol. The lowest BCUT2D eigenvalue weighted by molar-refractivity contribution is -0.0334. The van der Waals surface area contributed by atoms with Crippen molar-refractivity contribution in [3.8, 4) is 17.1 Å². The summed E-state index contributed by atoms with van der Waals surface area (Å²) in [5.74, 6) is 0.136. The van der Waals surface area contributed by atoms with Gasteiger partial charge in [0.25, 0.3) is 0 Å². The maximum atomic E-state index is 12.2. The van der Waals surface area contributed by atoms with Gasteiger partial charge >= 0.3 is 5.97 Å². The van der Waals surface area contributed by atoms with Crippen LogP contribution in [-0.4, -0.2) is 56.2 Å². The van der Waals surface area contributed by atoms with Gasteiger partial charge in [-0.3, -0.25) is 0 Å². The smallest absolute Gasteiger partial charge is 0.342 e. The SMILES string of the molecule is C1COCCO1.COC(=O)c1c(-c2ccccc2)nn2c(OC)cccc12. The van der Waals surface area contributed by atoms with Crippen LogP contribution in [-0.2, 0) is 14.2 Å². The Kier molecular flexibility index (Phi) is 6.40. The van der Waals surface area contributed by atoms with Crippen LogP contribution in [0.5, 0.6) is 5.88 Å². The van der Waals surface area contributed by atoms with Gasteiger partial charge in [0.2, 0.25) is 5.88 Å². The largest absolute Gasteiger partial charge is 0.481 e. The number of esters is 1. The minimum atomic E-state index is -0.419. The molecule has 0 radical (unpaired) electrons. The van der Waals surface area contributed by atoms with Gasteiger partial charge in [-0.2, -0.15) is 9.61 Å². The summed E-state index contributed by atoms with van der Waals surface area (Å²) in [6, 6.07) is 14.9. The number of nitrogens with zero attached hydrogens (tertiary/aromatic N) is 2. The first-order chi connectivity index (χ1) is 13.3. The van der Waals surface area contributed by atoms with E-state index in [0.29, 0.717) is 22.7 Å². The third-order valence-corrected chi connectivity index (χ3v) is 4.01.